The van der Waals surface area contributed by atoms with Crippen LogP contribution in [0.5, 0.6) is 0 Å². The predicted molar refractivity (Wildman–Crippen MR) is 87.2 cm³/mol. The van der Waals surface area contributed by atoms with E-state index >= 15 is 0 Å². The Kier molecular flexibility index (Phi) is 3.98. The summed E-state index contributed by atoms with van der Waals surface area (Å²) < 4.78 is -0.930. The first-order chi connectivity index (χ1) is 10.3. The van der Waals surface area contributed by atoms with Crippen LogP contribution in [0.4, 0.5) is 0 Å². The van der Waals surface area contributed by atoms with Crippen LogP contribution in [0.25, 0.3) is 0 Å². The summed E-state index contributed by atoms with van der Waals surface area (Å²) >= 11 is 12.2. The van der Waals surface area contributed by atoms with Crippen LogP contribution in [-0.2, 0) is 4.79 Å². The van der Waals surface area contributed by atoms with Gasteiger partial charge in [-0.05, 0) is 26.2 Å². The van der Waals surface area contributed by atoms with Crippen LogP contribution in [0.1, 0.15) is 36.5 Å². The topological polar surface area (TPSA) is 37.4 Å². The third-order valence-electron chi connectivity index (χ3n) is 4.94. The third-order valence-corrected chi connectivity index (χ3v) is 6.04. The molecule has 3 nitrogen and oxygen atoms in total. The highest BCUT2D eigenvalue weighted by Crippen LogP contribution is 2.64. The number of piperidine rings is 1. The molecule has 3 rings (SSSR count). The van der Waals surface area contributed by atoms with Gasteiger partial charge in [0.25, 0.3) is 0 Å². The van der Waals surface area contributed by atoms with Crippen LogP contribution in [0, 0.1) is 11.3 Å². The number of alkyl halides is 2. The second-order valence-corrected chi connectivity index (χ2v) is 7.99. The van der Waals surface area contributed by atoms with Crippen molar-refractivity contribution in [2.24, 2.45) is 11.3 Å². The molecule has 1 aliphatic heterocycles. The number of carbonyl (C=O) groups excluding carboxylic acids is 2. The van der Waals surface area contributed by atoms with Crippen molar-refractivity contribution in [3.05, 3.63) is 35.9 Å². The average Bonchev–Trinajstić information content (AvgIpc) is 3.06. The molecule has 0 spiro atoms. The SMILES string of the molecule is CC1(C(=O)N2CCC(C(=O)c3ccccc3)CC2)CC1(Cl)Cl. The lowest BCUT2D eigenvalue weighted by Gasteiger charge is -2.33. The summed E-state index contributed by atoms with van der Waals surface area (Å²) in [7, 11) is 0. The average molecular weight is 340 g/mol. The van der Waals surface area contributed by atoms with Crippen LogP contribution < -0.4 is 0 Å². The van der Waals surface area contributed by atoms with E-state index in [1.54, 1.807) is 4.90 Å². The number of amides is 1. The monoisotopic (exact) mass is 339 g/mol. The van der Waals surface area contributed by atoms with Gasteiger partial charge in [0.1, 0.15) is 4.33 Å². The molecular weight excluding hydrogens is 321 g/mol. The maximum Gasteiger partial charge on any atom is 0.231 e. The van der Waals surface area contributed by atoms with Crippen LogP contribution in [0.15, 0.2) is 30.3 Å². The van der Waals surface area contributed by atoms with Gasteiger partial charge >= 0.3 is 0 Å². The molecule has 0 N–H and O–H groups in total. The van der Waals surface area contributed by atoms with Gasteiger partial charge in [0.2, 0.25) is 5.91 Å². The standard InChI is InChI=1S/C17H19Cl2NO2/c1-16(11-17(16,18)19)15(22)20-9-7-13(8-10-20)14(21)12-5-3-2-4-6-12/h2-6,13H,7-11H2,1H3. The fraction of sp³-hybridized carbons (Fsp3) is 0.529. The van der Waals surface area contributed by atoms with Crippen molar-refractivity contribution >= 4 is 34.9 Å². The van der Waals surface area contributed by atoms with Gasteiger partial charge in [-0.25, -0.2) is 0 Å². The lowest BCUT2D eigenvalue weighted by atomic mass is 9.88. The lowest BCUT2D eigenvalue weighted by Crippen LogP contribution is -2.44. The van der Waals surface area contributed by atoms with E-state index in [-0.39, 0.29) is 17.6 Å². The Labute approximate surface area is 140 Å². The minimum absolute atomic E-state index is 0.00443. The number of hydrogen-bond acceptors (Lipinski definition) is 2. The number of hydrogen-bond donors (Lipinski definition) is 0. The molecule has 0 radical (unpaired) electrons. The van der Waals surface area contributed by atoms with E-state index in [1.807, 2.05) is 37.3 Å². The van der Waals surface area contributed by atoms with E-state index in [4.69, 9.17) is 23.2 Å². The molecule has 2 fully saturated rings. The van der Waals surface area contributed by atoms with Crippen molar-refractivity contribution in [3.8, 4) is 0 Å². The first-order valence-corrected chi connectivity index (χ1v) is 8.37. The second-order valence-electron chi connectivity index (χ2n) is 6.51. The Balaban J connectivity index is 1.59. The van der Waals surface area contributed by atoms with Crippen molar-refractivity contribution in [3.63, 3.8) is 0 Å². The summed E-state index contributed by atoms with van der Waals surface area (Å²) in [5, 5.41) is 0. The second kappa shape index (κ2) is 5.54. The Hall–Kier alpha value is -1.06. The van der Waals surface area contributed by atoms with Crippen molar-refractivity contribution in [1.82, 2.24) is 4.90 Å². The smallest absolute Gasteiger partial charge is 0.231 e. The molecule has 1 aliphatic carbocycles. The quantitative estimate of drug-likeness (QED) is 0.622. The first-order valence-electron chi connectivity index (χ1n) is 7.62. The molecule has 22 heavy (non-hydrogen) atoms. The zero-order valence-corrected chi connectivity index (χ0v) is 14.0. The van der Waals surface area contributed by atoms with Crippen LogP contribution in [0.3, 0.4) is 0 Å². The molecule has 1 heterocycles. The molecule has 1 saturated heterocycles. The molecule has 5 heteroatoms. The third kappa shape index (κ3) is 2.65. The van der Waals surface area contributed by atoms with Gasteiger partial charge in [-0.15, -0.1) is 23.2 Å². The van der Waals surface area contributed by atoms with Crippen molar-refractivity contribution < 1.29 is 9.59 Å². The summed E-state index contributed by atoms with van der Waals surface area (Å²) in [5.74, 6) is 0.188. The molecule has 0 bridgehead atoms. The van der Waals surface area contributed by atoms with Gasteiger partial charge in [0.05, 0.1) is 5.41 Å². The Bertz CT molecular complexity index is 594. The number of ketones is 1. The molecule has 0 aromatic heterocycles. The molecule has 1 amide bonds. The number of rotatable bonds is 3. The lowest BCUT2D eigenvalue weighted by molar-refractivity contribution is -0.137. The molecular formula is C17H19Cl2NO2. The first kappa shape index (κ1) is 15.8. The van der Waals surface area contributed by atoms with Crippen LogP contribution in [0.2, 0.25) is 0 Å². The fourth-order valence-corrected chi connectivity index (χ4v) is 3.86. The Morgan fingerprint density at radius 3 is 2.18 bits per heavy atom. The highest BCUT2D eigenvalue weighted by Gasteiger charge is 2.68. The number of nitrogens with zero attached hydrogens (tertiary/aromatic N) is 1. The zero-order valence-electron chi connectivity index (χ0n) is 12.5. The number of carbonyl (C=O) groups is 2. The molecule has 1 saturated carbocycles. The van der Waals surface area contributed by atoms with E-state index in [2.05, 4.69) is 0 Å². The maximum atomic E-state index is 12.5. The summed E-state index contributed by atoms with van der Waals surface area (Å²) in [6.45, 7) is 3.01. The van der Waals surface area contributed by atoms with Crippen molar-refractivity contribution in [1.29, 1.82) is 0 Å². The molecule has 1 aromatic carbocycles. The molecule has 1 unspecified atom stereocenters. The van der Waals surface area contributed by atoms with Gasteiger partial charge in [0.15, 0.2) is 5.78 Å². The number of halogens is 2. The highest BCUT2D eigenvalue weighted by molar-refractivity contribution is 6.53. The van der Waals surface area contributed by atoms with Crippen molar-refractivity contribution in [2.45, 2.75) is 30.5 Å². The van der Waals surface area contributed by atoms with Crippen LogP contribution in [-0.4, -0.2) is 34.0 Å². The minimum atomic E-state index is -0.930. The molecule has 1 atom stereocenters. The van der Waals surface area contributed by atoms with Gasteiger partial charge in [0, 0.05) is 24.6 Å². The zero-order chi connectivity index (χ0) is 16.0. The predicted octanol–water partition coefficient (Wildman–Crippen LogP) is 3.69. The number of benzene rings is 1. The van der Waals surface area contributed by atoms with E-state index in [0.717, 1.165) is 5.56 Å². The summed E-state index contributed by atoms with van der Waals surface area (Å²) in [4.78, 5) is 26.8. The van der Waals surface area contributed by atoms with E-state index in [0.29, 0.717) is 32.4 Å². The molecule has 118 valence electrons. The van der Waals surface area contributed by atoms with Gasteiger partial charge < -0.3 is 4.90 Å². The van der Waals surface area contributed by atoms with Gasteiger partial charge in [-0.2, -0.15) is 0 Å². The Morgan fingerprint density at radius 2 is 1.68 bits per heavy atom. The maximum absolute atomic E-state index is 12.5. The largest absolute Gasteiger partial charge is 0.342 e. The molecule has 2 aliphatic rings. The fourth-order valence-electron chi connectivity index (χ4n) is 3.16. The normalized spacial score (nSPS) is 27.5. The Morgan fingerprint density at radius 1 is 1.14 bits per heavy atom. The van der Waals surface area contributed by atoms with E-state index in [9.17, 15) is 9.59 Å². The summed E-state index contributed by atoms with van der Waals surface area (Å²) in [5.41, 5.74) is 0.0915. The van der Waals surface area contributed by atoms with E-state index in [1.165, 1.54) is 0 Å². The summed E-state index contributed by atoms with van der Waals surface area (Å²) in [6.07, 6.45) is 1.91. The van der Waals surface area contributed by atoms with Gasteiger partial charge in [-0.1, -0.05) is 30.3 Å². The van der Waals surface area contributed by atoms with Crippen LogP contribution >= 0.6 is 23.2 Å². The van der Waals surface area contributed by atoms with Crippen molar-refractivity contribution in [2.75, 3.05) is 13.1 Å². The minimum Gasteiger partial charge on any atom is -0.342 e. The number of likely N-dealkylation sites (tertiary alicyclic amines) is 1. The highest BCUT2D eigenvalue weighted by atomic mass is 35.5. The number of Topliss-reactive ketones (excluding diaryl/α,β-unsaturated/α-hetero) is 1. The summed E-state index contributed by atoms with van der Waals surface area (Å²) in [6, 6.07) is 9.35. The van der Waals surface area contributed by atoms with Gasteiger partial charge in [-0.3, -0.25) is 9.59 Å². The molecule has 1 aromatic rings. The van der Waals surface area contributed by atoms with E-state index < -0.39 is 9.75 Å².